The number of aromatic carboxylic acids is 1. The number of fused-ring (bicyclic) bond motifs is 1. The molecule has 1 aromatic carbocycles. The molecular weight excluding hydrogens is 290 g/mol. The average Bonchev–Trinajstić information content (AvgIpc) is 2.47. The van der Waals surface area contributed by atoms with Gasteiger partial charge < -0.3 is 9.84 Å². The highest BCUT2D eigenvalue weighted by Gasteiger charge is 2.16. The lowest BCUT2D eigenvalue weighted by Gasteiger charge is -2.16. The number of aromatic nitrogens is 1. The second-order valence-corrected chi connectivity index (χ2v) is 5.42. The number of halogens is 1. The van der Waals surface area contributed by atoms with Crippen molar-refractivity contribution in [1.29, 1.82) is 0 Å². The Hall–Kier alpha value is -2.07. The van der Waals surface area contributed by atoms with Crippen LogP contribution < -0.4 is 4.74 Å². The molecule has 2 aromatic rings. The fourth-order valence-corrected chi connectivity index (χ4v) is 2.68. The van der Waals surface area contributed by atoms with Gasteiger partial charge in [-0.3, -0.25) is 0 Å². The van der Waals surface area contributed by atoms with Gasteiger partial charge in [0.15, 0.2) is 0 Å². The first-order chi connectivity index (χ1) is 10.1. The first-order valence-electron chi connectivity index (χ1n) is 6.83. The first kappa shape index (κ1) is 13.9. The summed E-state index contributed by atoms with van der Waals surface area (Å²) in [6, 6.07) is 8.67. The zero-order chi connectivity index (χ0) is 14.8. The summed E-state index contributed by atoms with van der Waals surface area (Å²) < 4.78 is 5.64. The Morgan fingerprint density at radius 2 is 1.90 bits per heavy atom. The van der Waals surface area contributed by atoms with E-state index in [1.54, 1.807) is 0 Å². The Bertz CT molecular complexity index is 700. The largest absolute Gasteiger partial charge is 0.477 e. The predicted molar refractivity (Wildman–Crippen MR) is 79.4 cm³/mol. The molecule has 0 saturated heterocycles. The topological polar surface area (TPSA) is 59.4 Å². The first-order valence-corrected chi connectivity index (χ1v) is 7.21. The van der Waals surface area contributed by atoms with Crippen molar-refractivity contribution in [3.8, 4) is 11.6 Å². The van der Waals surface area contributed by atoms with Gasteiger partial charge in [-0.05, 0) is 61.1 Å². The minimum atomic E-state index is -1.09. The SMILES string of the molecule is O=C(O)c1ccc(Cl)nc1Oc1ccc2c(c1)CCCC2. The van der Waals surface area contributed by atoms with Gasteiger partial charge in [-0.25, -0.2) is 9.78 Å². The monoisotopic (exact) mass is 303 g/mol. The van der Waals surface area contributed by atoms with Crippen molar-refractivity contribution < 1.29 is 14.6 Å². The molecule has 1 aliphatic carbocycles. The number of rotatable bonds is 3. The van der Waals surface area contributed by atoms with E-state index in [4.69, 9.17) is 21.4 Å². The van der Waals surface area contributed by atoms with Crippen LogP contribution in [0.5, 0.6) is 11.6 Å². The average molecular weight is 304 g/mol. The van der Waals surface area contributed by atoms with Crippen LogP contribution in [0.3, 0.4) is 0 Å². The minimum Gasteiger partial charge on any atom is -0.477 e. The van der Waals surface area contributed by atoms with Crippen molar-refractivity contribution >= 4 is 17.6 Å². The Morgan fingerprint density at radius 3 is 2.67 bits per heavy atom. The van der Waals surface area contributed by atoms with E-state index in [0.717, 1.165) is 12.8 Å². The number of hydrogen-bond acceptors (Lipinski definition) is 3. The molecule has 4 nitrogen and oxygen atoms in total. The van der Waals surface area contributed by atoms with Gasteiger partial charge in [0.25, 0.3) is 0 Å². The quantitative estimate of drug-likeness (QED) is 0.867. The number of benzene rings is 1. The van der Waals surface area contributed by atoms with Gasteiger partial charge in [-0.1, -0.05) is 17.7 Å². The summed E-state index contributed by atoms with van der Waals surface area (Å²) >= 11 is 5.82. The highest BCUT2D eigenvalue weighted by molar-refractivity contribution is 6.29. The molecule has 0 fully saturated rings. The fraction of sp³-hybridized carbons (Fsp3) is 0.250. The van der Waals surface area contributed by atoms with Crippen LogP contribution >= 0.6 is 11.6 Å². The molecule has 5 heteroatoms. The van der Waals surface area contributed by atoms with E-state index in [2.05, 4.69) is 4.98 Å². The second kappa shape index (κ2) is 5.74. The Morgan fingerprint density at radius 1 is 1.14 bits per heavy atom. The van der Waals surface area contributed by atoms with Gasteiger partial charge in [-0.2, -0.15) is 0 Å². The third-order valence-corrected chi connectivity index (χ3v) is 3.80. The zero-order valence-corrected chi connectivity index (χ0v) is 12.1. The number of carboxylic acids is 1. The molecule has 1 N–H and O–H groups in total. The van der Waals surface area contributed by atoms with Crippen LogP contribution in [0.2, 0.25) is 5.15 Å². The summed E-state index contributed by atoms with van der Waals surface area (Å²) in [6.45, 7) is 0. The number of carboxylic acid groups (broad SMARTS) is 1. The number of nitrogens with zero attached hydrogens (tertiary/aromatic N) is 1. The van der Waals surface area contributed by atoms with E-state index >= 15 is 0 Å². The molecular formula is C16H14ClNO3. The maximum Gasteiger partial charge on any atom is 0.341 e. The van der Waals surface area contributed by atoms with Crippen molar-refractivity contribution in [2.45, 2.75) is 25.7 Å². The summed E-state index contributed by atoms with van der Waals surface area (Å²) in [4.78, 5) is 15.2. The molecule has 0 radical (unpaired) electrons. The maximum atomic E-state index is 11.2. The van der Waals surface area contributed by atoms with Gasteiger partial charge in [0.05, 0.1) is 0 Å². The van der Waals surface area contributed by atoms with Gasteiger partial charge in [-0.15, -0.1) is 0 Å². The smallest absolute Gasteiger partial charge is 0.341 e. The Balaban J connectivity index is 1.93. The summed E-state index contributed by atoms with van der Waals surface area (Å²) in [5.74, 6) is -0.481. The number of aryl methyl sites for hydroxylation is 2. The molecule has 0 aliphatic heterocycles. The summed E-state index contributed by atoms with van der Waals surface area (Å²) in [6.07, 6.45) is 4.51. The molecule has 0 saturated carbocycles. The van der Waals surface area contributed by atoms with Crippen LogP contribution in [0.25, 0.3) is 0 Å². The molecule has 1 aromatic heterocycles. The molecule has 0 atom stereocenters. The lowest BCUT2D eigenvalue weighted by Crippen LogP contribution is -2.04. The van der Waals surface area contributed by atoms with E-state index in [0.29, 0.717) is 5.75 Å². The maximum absolute atomic E-state index is 11.2. The normalized spacial score (nSPS) is 13.6. The second-order valence-electron chi connectivity index (χ2n) is 5.03. The standard InChI is InChI=1S/C16H14ClNO3/c17-14-8-7-13(16(19)20)15(18-14)21-12-6-5-10-3-1-2-4-11(10)9-12/h5-9H,1-4H2,(H,19,20). The minimum absolute atomic E-state index is 0.00267. The third kappa shape index (κ3) is 3.00. The van der Waals surface area contributed by atoms with E-state index in [9.17, 15) is 4.79 Å². The number of ether oxygens (including phenoxy) is 1. The van der Waals surface area contributed by atoms with Crippen molar-refractivity contribution in [2.75, 3.05) is 0 Å². The fourth-order valence-electron chi connectivity index (χ4n) is 2.54. The molecule has 1 aliphatic rings. The van der Waals surface area contributed by atoms with Crippen LogP contribution in [0.1, 0.15) is 34.3 Å². The van der Waals surface area contributed by atoms with Crippen LogP contribution in [-0.4, -0.2) is 16.1 Å². The van der Waals surface area contributed by atoms with Crippen LogP contribution in [-0.2, 0) is 12.8 Å². The molecule has 3 rings (SSSR count). The van der Waals surface area contributed by atoms with Crippen molar-refractivity contribution in [2.24, 2.45) is 0 Å². The van der Waals surface area contributed by atoms with Crippen molar-refractivity contribution in [1.82, 2.24) is 4.98 Å². The van der Waals surface area contributed by atoms with Gasteiger partial charge in [0.2, 0.25) is 5.88 Å². The van der Waals surface area contributed by atoms with E-state index < -0.39 is 5.97 Å². The van der Waals surface area contributed by atoms with Crippen molar-refractivity contribution in [3.05, 3.63) is 52.2 Å². The van der Waals surface area contributed by atoms with Crippen LogP contribution in [0.15, 0.2) is 30.3 Å². The molecule has 21 heavy (non-hydrogen) atoms. The predicted octanol–water partition coefficient (Wildman–Crippen LogP) is 4.10. The zero-order valence-electron chi connectivity index (χ0n) is 11.3. The summed E-state index contributed by atoms with van der Waals surface area (Å²) in [5, 5.41) is 9.37. The van der Waals surface area contributed by atoms with Crippen LogP contribution in [0, 0.1) is 0 Å². The lowest BCUT2D eigenvalue weighted by atomic mass is 9.92. The Labute approximate surface area is 127 Å². The van der Waals surface area contributed by atoms with Gasteiger partial charge in [0.1, 0.15) is 16.5 Å². The molecule has 0 bridgehead atoms. The molecule has 0 unspecified atom stereocenters. The van der Waals surface area contributed by atoms with Crippen molar-refractivity contribution in [3.63, 3.8) is 0 Å². The third-order valence-electron chi connectivity index (χ3n) is 3.59. The van der Waals surface area contributed by atoms with E-state index in [1.165, 1.54) is 36.1 Å². The molecule has 1 heterocycles. The highest BCUT2D eigenvalue weighted by Crippen LogP contribution is 2.29. The van der Waals surface area contributed by atoms with E-state index in [1.807, 2.05) is 18.2 Å². The number of pyridine rings is 1. The van der Waals surface area contributed by atoms with Gasteiger partial charge in [0, 0.05) is 0 Å². The summed E-state index contributed by atoms with van der Waals surface area (Å²) in [7, 11) is 0. The number of carbonyl (C=O) groups is 1. The molecule has 108 valence electrons. The highest BCUT2D eigenvalue weighted by atomic mass is 35.5. The lowest BCUT2D eigenvalue weighted by molar-refractivity contribution is 0.0693. The Kier molecular flexibility index (Phi) is 3.80. The number of hydrogen-bond donors (Lipinski definition) is 1. The molecule has 0 amide bonds. The van der Waals surface area contributed by atoms with Gasteiger partial charge >= 0.3 is 5.97 Å². The van der Waals surface area contributed by atoms with E-state index in [-0.39, 0.29) is 16.6 Å². The van der Waals surface area contributed by atoms with Crippen LogP contribution in [0.4, 0.5) is 0 Å². The summed E-state index contributed by atoms with van der Waals surface area (Å²) in [5.41, 5.74) is 2.60. The molecule has 0 spiro atoms.